The van der Waals surface area contributed by atoms with Crippen LogP contribution in [0.1, 0.15) is 18.2 Å². The molecule has 1 aromatic carbocycles. The fourth-order valence-corrected chi connectivity index (χ4v) is 2.15. The molecule has 0 radical (unpaired) electrons. The lowest BCUT2D eigenvalue weighted by molar-refractivity contribution is -0.123. The zero-order valence-corrected chi connectivity index (χ0v) is 15.4. The van der Waals surface area contributed by atoms with Crippen LogP contribution in [0.15, 0.2) is 28.1 Å². The zero-order valence-electron chi connectivity index (χ0n) is 14.6. The van der Waals surface area contributed by atoms with Crippen LogP contribution in [0.2, 0.25) is 0 Å². The molecule has 1 heterocycles. The maximum absolute atomic E-state index is 12.0. The van der Waals surface area contributed by atoms with Gasteiger partial charge in [-0.15, -0.1) is 0 Å². The summed E-state index contributed by atoms with van der Waals surface area (Å²) in [4.78, 5) is 23.5. The second kappa shape index (κ2) is 8.90. The number of carbonyl (C=O) groups excluding carboxylic acids is 1. The molecule has 0 fully saturated rings. The van der Waals surface area contributed by atoms with Crippen molar-refractivity contribution in [2.24, 2.45) is 5.10 Å². The Hall–Kier alpha value is -3.01. The summed E-state index contributed by atoms with van der Waals surface area (Å²) in [5.74, 6) is 0.633. The first-order valence-electron chi connectivity index (χ1n) is 7.76. The molecule has 0 unspecified atom stereocenters. The van der Waals surface area contributed by atoms with Gasteiger partial charge in [-0.1, -0.05) is 0 Å². The van der Waals surface area contributed by atoms with E-state index in [0.29, 0.717) is 23.6 Å². The smallest absolute Gasteiger partial charge is 0.296 e. The second-order valence-electron chi connectivity index (χ2n) is 5.13. The minimum Gasteiger partial charge on any atom is -0.493 e. The van der Waals surface area contributed by atoms with E-state index in [9.17, 15) is 9.59 Å². The van der Waals surface area contributed by atoms with Crippen LogP contribution in [0.25, 0.3) is 0 Å². The van der Waals surface area contributed by atoms with Crippen LogP contribution in [0.4, 0.5) is 0 Å². The van der Waals surface area contributed by atoms with Gasteiger partial charge in [0.1, 0.15) is 5.69 Å². The van der Waals surface area contributed by atoms with Gasteiger partial charge in [0.05, 0.1) is 13.3 Å². The van der Waals surface area contributed by atoms with Crippen LogP contribution in [-0.2, 0) is 4.79 Å². The molecule has 0 aliphatic rings. The van der Waals surface area contributed by atoms with Crippen molar-refractivity contribution in [3.8, 4) is 11.5 Å². The van der Waals surface area contributed by atoms with Gasteiger partial charge in [0.25, 0.3) is 11.5 Å². The van der Waals surface area contributed by atoms with Crippen molar-refractivity contribution in [2.45, 2.75) is 13.8 Å². The van der Waals surface area contributed by atoms with Gasteiger partial charge in [0, 0.05) is 6.54 Å². The molecule has 9 nitrogen and oxygen atoms in total. The molecule has 2 rings (SSSR count). The van der Waals surface area contributed by atoms with Crippen LogP contribution < -0.4 is 20.3 Å². The van der Waals surface area contributed by atoms with E-state index in [1.54, 1.807) is 25.1 Å². The van der Waals surface area contributed by atoms with Gasteiger partial charge in [-0.05, 0) is 49.8 Å². The molecule has 0 bridgehead atoms. The summed E-state index contributed by atoms with van der Waals surface area (Å²) in [7, 11) is 1.49. The molecule has 138 valence electrons. The Balaban J connectivity index is 2.22. The number of H-pyrrole nitrogens is 1. The van der Waals surface area contributed by atoms with E-state index in [1.807, 2.05) is 6.92 Å². The van der Waals surface area contributed by atoms with Gasteiger partial charge in [-0.3, -0.25) is 14.7 Å². The first-order valence-corrected chi connectivity index (χ1v) is 8.17. The van der Waals surface area contributed by atoms with Crippen LogP contribution in [0.3, 0.4) is 0 Å². The molecule has 1 aromatic heterocycles. The molecule has 0 spiro atoms. The maximum atomic E-state index is 12.0. The number of hydrogen-bond acceptors (Lipinski definition) is 7. The van der Waals surface area contributed by atoms with Crippen molar-refractivity contribution < 1.29 is 14.3 Å². The Labute approximate surface area is 154 Å². The minimum absolute atomic E-state index is 0.0886. The zero-order chi connectivity index (χ0) is 19.1. The molecule has 0 aliphatic heterocycles. The quantitative estimate of drug-likeness (QED) is 0.550. The topological polar surface area (TPSA) is 111 Å². The monoisotopic (exact) mass is 377 g/mol. The lowest BCUT2D eigenvalue weighted by atomic mass is 10.2. The van der Waals surface area contributed by atoms with Crippen molar-refractivity contribution in [1.29, 1.82) is 0 Å². The lowest BCUT2D eigenvalue weighted by Gasteiger charge is -2.11. The summed E-state index contributed by atoms with van der Waals surface area (Å²) < 4.78 is 11.9. The van der Waals surface area contributed by atoms with E-state index in [-0.39, 0.29) is 23.0 Å². The number of aromatic amines is 1. The average molecular weight is 377 g/mol. The van der Waals surface area contributed by atoms with Gasteiger partial charge in [0.15, 0.2) is 18.1 Å². The van der Waals surface area contributed by atoms with Crippen LogP contribution in [0, 0.1) is 11.7 Å². The Morgan fingerprint density at radius 2 is 2.23 bits per heavy atom. The Kier molecular flexibility index (Phi) is 6.61. The third-order valence-corrected chi connectivity index (χ3v) is 3.52. The predicted octanol–water partition coefficient (Wildman–Crippen LogP) is 1.02. The average Bonchev–Trinajstić information content (AvgIpc) is 2.63. The molecule has 2 N–H and O–H groups in total. The molecule has 26 heavy (non-hydrogen) atoms. The summed E-state index contributed by atoms with van der Waals surface area (Å²) in [6, 6.07) is 5.04. The van der Waals surface area contributed by atoms with Gasteiger partial charge in [-0.2, -0.15) is 14.9 Å². The molecule has 0 saturated heterocycles. The third kappa shape index (κ3) is 4.76. The highest BCUT2D eigenvalue weighted by Crippen LogP contribution is 2.27. The summed E-state index contributed by atoms with van der Waals surface area (Å²) in [6.45, 7) is 3.81. The number of nitrogens with one attached hydrogen (secondary N) is 2. The first kappa shape index (κ1) is 19.3. The highest BCUT2D eigenvalue weighted by Gasteiger charge is 2.08. The Morgan fingerprint density at radius 1 is 1.46 bits per heavy atom. The minimum atomic E-state index is -0.404. The van der Waals surface area contributed by atoms with E-state index in [4.69, 9.17) is 21.7 Å². The van der Waals surface area contributed by atoms with Crippen molar-refractivity contribution in [2.75, 3.05) is 20.3 Å². The number of benzene rings is 1. The number of amides is 1. The number of aryl methyl sites for hydroxylation is 1. The van der Waals surface area contributed by atoms with Crippen molar-refractivity contribution >= 4 is 24.3 Å². The molecular formula is C16H19N5O4S. The number of nitrogens with zero attached hydrogens (tertiary/aromatic N) is 3. The van der Waals surface area contributed by atoms with Crippen LogP contribution >= 0.6 is 12.2 Å². The SMILES string of the molecule is CCNC(=O)COc1ccc(/C=N\n2c(=S)[nH]nc(C)c2=O)cc1OC. The second-order valence-corrected chi connectivity index (χ2v) is 5.51. The highest BCUT2D eigenvalue weighted by atomic mass is 32.1. The Bertz CT molecular complexity index is 935. The van der Waals surface area contributed by atoms with Gasteiger partial charge in [0.2, 0.25) is 4.77 Å². The fraction of sp³-hybridized carbons (Fsp3) is 0.312. The van der Waals surface area contributed by atoms with Gasteiger partial charge >= 0.3 is 0 Å². The highest BCUT2D eigenvalue weighted by molar-refractivity contribution is 7.71. The largest absolute Gasteiger partial charge is 0.493 e. The summed E-state index contributed by atoms with van der Waals surface area (Å²) in [5.41, 5.74) is 0.504. The van der Waals surface area contributed by atoms with Crippen LogP contribution in [-0.4, -0.2) is 47.3 Å². The number of ether oxygens (including phenoxy) is 2. The Morgan fingerprint density at radius 3 is 2.92 bits per heavy atom. The first-order chi connectivity index (χ1) is 12.5. The number of likely N-dealkylation sites (N-methyl/N-ethyl adjacent to an activating group) is 1. The van der Waals surface area contributed by atoms with E-state index in [0.717, 1.165) is 4.68 Å². The van der Waals surface area contributed by atoms with Crippen LogP contribution in [0.5, 0.6) is 11.5 Å². The fourth-order valence-electron chi connectivity index (χ4n) is 1.98. The lowest BCUT2D eigenvalue weighted by Crippen LogP contribution is -2.28. The third-order valence-electron chi connectivity index (χ3n) is 3.26. The molecule has 10 heteroatoms. The number of rotatable bonds is 7. The predicted molar refractivity (Wildman–Crippen MR) is 98.6 cm³/mol. The van der Waals surface area contributed by atoms with Crippen molar-refractivity contribution in [3.05, 3.63) is 44.6 Å². The maximum Gasteiger partial charge on any atom is 0.296 e. The normalized spacial score (nSPS) is 10.7. The van der Waals surface area contributed by atoms with E-state index < -0.39 is 5.56 Å². The van der Waals surface area contributed by atoms with Crippen molar-refractivity contribution in [3.63, 3.8) is 0 Å². The molecule has 0 atom stereocenters. The number of carbonyl (C=O) groups is 1. The van der Waals surface area contributed by atoms with Gasteiger partial charge in [-0.25, -0.2) is 0 Å². The summed E-state index contributed by atoms with van der Waals surface area (Å²) >= 11 is 5.01. The number of methoxy groups -OCH3 is 1. The molecule has 2 aromatic rings. The van der Waals surface area contributed by atoms with E-state index in [2.05, 4.69) is 20.6 Å². The standard InChI is InChI=1S/C16H19N5O4S/c1-4-17-14(22)9-25-12-6-5-11(7-13(12)24-3)8-18-21-15(23)10(2)19-20-16(21)26/h5-8H,4,9H2,1-3H3,(H,17,22)(H,20,26)/b18-8-. The molecule has 1 amide bonds. The number of aromatic nitrogens is 3. The number of hydrogen-bond donors (Lipinski definition) is 2. The molecule has 0 saturated carbocycles. The summed E-state index contributed by atoms with van der Waals surface area (Å²) in [6.07, 6.45) is 1.46. The van der Waals surface area contributed by atoms with E-state index >= 15 is 0 Å². The summed E-state index contributed by atoms with van der Waals surface area (Å²) in [5, 5.41) is 13.0. The van der Waals surface area contributed by atoms with Gasteiger partial charge < -0.3 is 14.8 Å². The van der Waals surface area contributed by atoms with Crippen molar-refractivity contribution in [1.82, 2.24) is 20.2 Å². The molecule has 0 aliphatic carbocycles. The van der Waals surface area contributed by atoms with E-state index in [1.165, 1.54) is 13.3 Å². The molecular weight excluding hydrogens is 358 g/mol.